The fourth-order valence-corrected chi connectivity index (χ4v) is 2.68. The third-order valence-electron chi connectivity index (χ3n) is 3.60. The second-order valence-electron chi connectivity index (χ2n) is 4.71. The molecule has 0 saturated carbocycles. The molecule has 0 aliphatic carbocycles. The number of hydrogen-bond acceptors (Lipinski definition) is 2. The van der Waals surface area contributed by atoms with Crippen LogP contribution in [-0.2, 0) is 7.05 Å². The lowest BCUT2D eigenvalue weighted by Crippen LogP contribution is -2.17. The zero-order chi connectivity index (χ0) is 11.8. The molecule has 1 fully saturated rings. The quantitative estimate of drug-likeness (QED) is 0.738. The van der Waals surface area contributed by atoms with Gasteiger partial charge in [0.25, 0.3) is 0 Å². The number of aldehydes is 1. The maximum Gasteiger partial charge on any atom is 0.152 e. The first-order valence-corrected chi connectivity index (χ1v) is 6.09. The van der Waals surface area contributed by atoms with Crippen molar-refractivity contribution in [1.82, 2.24) is 4.57 Å². The van der Waals surface area contributed by atoms with Crippen molar-refractivity contribution in [1.29, 1.82) is 0 Å². The number of nitrogens with zero attached hydrogens (tertiary/aromatic N) is 2. The Morgan fingerprint density at radius 1 is 1.24 bits per heavy atom. The van der Waals surface area contributed by atoms with E-state index in [0.717, 1.165) is 35.8 Å². The molecule has 3 heteroatoms. The number of hydrogen-bond donors (Lipinski definition) is 0. The number of carbonyl (C=O) groups is 1. The first-order chi connectivity index (χ1) is 8.29. The minimum atomic E-state index is 0.781. The number of anilines is 1. The van der Waals surface area contributed by atoms with Crippen molar-refractivity contribution in [3.63, 3.8) is 0 Å². The summed E-state index contributed by atoms with van der Waals surface area (Å²) in [5.41, 5.74) is 3.14. The van der Waals surface area contributed by atoms with Gasteiger partial charge in [0.1, 0.15) is 0 Å². The average Bonchev–Trinajstić information content (AvgIpc) is 2.97. The van der Waals surface area contributed by atoms with Crippen molar-refractivity contribution in [3.05, 3.63) is 30.0 Å². The van der Waals surface area contributed by atoms with Gasteiger partial charge in [-0.2, -0.15) is 0 Å². The first kappa shape index (κ1) is 10.4. The van der Waals surface area contributed by atoms with E-state index in [-0.39, 0.29) is 0 Å². The molecule has 17 heavy (non-hydrogen) atoms. The number of rotatable bonds is 2. The van der Waals surface area contributed by atoms with Gasteiger partial charge in [-0.15, -0.1) is 0 Å². The van der Waals surface area contributed by atoms with Crippen molar-refractivity contribution < 1.29 is 4.79 Å². The maximum absolute atomic E-state index is 11.0. The molecule has 88 valence electrons. The molecule has 0 N–H and O–H groups in total. The van der Waals surface area contributed by atoms with E-state index in [0.29, 0.717) is 0 Å². The zero-order valence-corrected chi connectivity index (χ0v) is 10.0. The Labute approximate surface area is 101 Å². The van der Waals surface area contributed by atoms with Gasteiger partial charge in [0.15, 0.2) is 6.29 Å². The minimum Gasteiger partial charge on any atom is -0.372 e. The molecule has 1 aliphatic rings. The van der Waals surface area contributed by atoms with Gasteiger partial charge in [0.2, 0.25) is 0 Å². The Kier molecular flexibility index (Phi) is 2.39. The van der Waals surface area contributed by atoms with Crippen LogP contribution >= 0.6 is 0 Å². The average molecular weight is 228 g/mol. The second-order valence-corrected chi connectivity index (χ2v) is 4.71. The summed E-state index contributed by atoms with van der Waals surface area (Å²) < 4.78 is 2.01. The van der Waals surface area contributed by atoms with Crippen molar-refractivity contribution in [3.8, 4) is 0 Å². The van der Waals surface area contributed by atoms with Gasteiger partial charge in [0, 0.05) is 48.5 Å². The largest absolute Gasteiger partial charge is 0.372 e. The Morgan fingerprint density at radius 3 is 2.71 bits per heavy atom. The van der Waals surface area contributed by atoms with Gasteiger partial charge in [-0.1, -0.05) is 0 Å². The predicted molar refractivity (Wildman–Crippen MR) is 69.8 cm³/mol. The van der Waals surface area contributed by atoms with Gasteiger partial charge in [-0.05, 0) is 31.0 Å². The Balaban J connectivity index is 2.13. The van der Waals surface area contributed by atoms with Crippen LogP contribution in [0, 0.1) is 0 Å². The normalized spacial score (nSPS) is 15.7. The third-order valence-corrected chi connectivity index (χ3v) is 3.60. The molecule has 0 unspecified atom stereocenters. The summed E-state index contributed by atoms with van der Waals surface area (Å²) in [5, 5.41) is 1.06. The lowest BCUT2D eigenvalue weighted by atomic mass is 10.1. The number of aryl methyl sites for hydroxylation is 1. The van der Waals surface area contributed by atoms with Crippen LogP contribution in [-0.4, -0.2) is 23.9 Å². The van der Waals surface area contributed by atoms with E-state index in [1.165, 1.54) is 18.5 Å². The number of carbonyl (C=O) groups excluding carboxylic acids is 1. The Morgan fingerprint density at radius 2 is 2.00 bits per heavy atom. The van der Waals surface area contributed by atoms with Crippen molar-refractivity contribution in [2.45, 2.75) is 12.8 Å². The number of benzene rings is 1. The molecule has 0 bridgehead atoms. The summed E-state index contributed by atoms with van der Waals surface area (Å²) in [6, 6.07) is 6.41. The third kappa shape index (κ3) is 1.62. The van der Waals surface area contributed by atoms with Gasteiger partial charge in [-0.25, -0.2) is 0 Å². The zero-order valence-electron chi connectivity index (χ0n) is 10.0. The van der Waals surface area contributed by atoms with Crippen molar-refractivity contribution in [2.24, 2.45) is 7.05 Å². The van der Waals surface area contributed by atoms with Gasteiger partial charge in [0.05, 0.1) is 0 Å². The predicted octanol–water partition coefficient (Wildman–Crippen LogP) is 2.59. The molecule has 2 aromatic rings. The molecule has 0 amide bonds. The fourth-order valence-electron chi connectivity index (χ4n) is 2.68. The lowest BCUT2D eigenvalue weighted by molar-refractivity contribution is 0.112. The molecule has 3 rings (SSSR count). The summed E-state index contributed by atoms with van der Waals surface area (Å²) in [5.74, 6) is 0. The maximum atomic E-state index is 11.0. The number of fused-ring (bicyclic) bond motifs is 1. The van der Waals surface area contributed by atoms with E-state index in [1.807, 2.05) is 17.8 Å². The van der Waals surface area contributed by atoms with Crippen molar-refractivity contribution >= 4 is 22.9 Å². The van der Waals surface area contributed by atoms with E-state index in [9.17, 15) is 4.79 Å². The van der Waals surface area contributed by atoms with Crippen molar-refractivity contribution in [2.75, 3.05) is 18.0 Å². The standard InChI is InChI=1S/C14H16N2O/c1-15-9-11(10-17)13-8-12(4-5-14(13)15)16-6-2-3-7-16/h4-5,8-10H,2-3,6-7H2,1H3. The summed E-state index contributed by atoms with van der Waals surface area (Å²) in [6.07, 6.45) is 5.38. The lowest BCUT2D eigenvalue weighted by Gasteiger charge is -2.17. The highest BCUT2D eigenvalue weighted by Crippen LogP contribution is 2.27. The summed E-state index contributed by atoms with van der Waals surface area (Å²) in [7, 11) is 1.98. The Bertz CT molecular complexity index is 565. The van der Waals surface area contributed by atoms with Crippen LogP contribution in [0.1, 0.15) is 23.2 Å². The second kappa shape index (κ2) is 3.91. The van der Waals surface area contributed by atoms with Gasteiger partial charge < -0.3 is 9.47 Å². The topological polar surface area (TPSA) is 25.2 Å². The fraction of sp³-hybridized carbons (Fsp3) is 0.357. The van der Waals surface area contributed by atoms with Crippen LogP contribution in [0.5, 0.6) is 0 Å². The molecular formula is C14H16N2O. The van der Waals surface area contributed by atoms with Crippen LogP contribution in [0.2, 0.25) is 0 Å². The summed E-state index contributed by atoms with van der Waals surface area (Å²) in [4.78, 5) is 13.4. The molecule has 1 aliphatic heterocycles. The SMILES string of the molecule is Cn1cc(C=O)c2cc(N3CCCC3)ccc21. The van der Waals surface area contributed by atoms with Gasteiger partial charge >= 0.3 is 0 Å². The molecule has 0 atom stereocenters. The van der Waals surface area contributed by atoms with Crippen LogP contribution in [0.4, 0.5) is 5.69 Å². The first-order valence-electron chi connectivity index (χ1n) is 6.09. The molecule has 1 aromatic heterocycles. The van der Waals surface area contributed by atoms with E-state index in [1.54, 1.807) is 0 Å². The highest BCUT2D eigenvalue weighted by atomic mass is 16.1. The molecule has 0 spiro atoms. The monoisotopic (exact) mass is 228 g/mol. The summed E-state index contributed by atoms with van der Waals surface area (Å²) >= 11 is 0. The van der Waals surface area contributed by atoms with Crippen LogP contribution < -0.4 is 4.90 Å². The highest BCUT2D eigenvalue weighted by Gasteiger charge is 2.14. The van der Waals surface area contributed by atoms with Gasteiger partial charge in [-0.3, -0.25) is 4.79 Å². The molecule has 1 aromatic carbocycles. The molecule has 2 heterocycles. The molecule has 1 saturated heterocycles. The van der Waals surface area contributed by atoms with E-state index in [4.69, 9.17) is 0 Å². The van der Waals surface area contributed by atoms with Crippen LogP contribution in [0.3, 0.4) is 0 Å². The smallest absolute Gasteiger partial charge is 0.152 e. The molecule has 3 nitrogen and oxygen atoms in total. The van der Waals surface area contributed by atoms with E-state index in [2.05, 4.69) is 23.1 Å². The minimum absolute atomic E-state index is 0.781. The summed E-state index contributed by atoms with van der Waals surface area (Å²) in [6.45, 7) is 2.27. The highest BCUT2D eigenvalue weighted by molar-refractivity contribution is 5.99. The van der Waals surface area contributed by atoms with E-state index < -0.39 is 0 Å². The molecule has 0 radical (unpaired) electrons. The van der Waals surface area contributed by atoms with Crippen LogP contribution in [0.15, 0.2) is 24.4 Å². The van der Waals surface area contributed by atoms with E-state index >= 15 is 0 Å². The van der Waals surface area contributed by atoms with Crippen LogP contribution in [0.25, 0.3) is 10.9 Å². The Hall–Kier alpha value is -1.77. The number of aromatic nitrogens is 1. The molecular weight excluding hydrogens is 212 g/mol.